The van der Waals surface area contributed by atoms with Crippen molar-refractivity contribution in [1.29, 1.82) is 0 Å². The summed E-state index contributed by atoms with van der Waals surface area (Å²) in [6.07, 6.45) is 2.76. The summed E-state index contributed by atoms with van der Waals surface area (Å²) in [5.41, 5.74) is 3.84. The highest BCUT2D eigenvalue weighted by Gasteiger charge is 2.08. The molecule has 2 aromatic carbocycles. The number of carbonyl (C=O) groups is 1. The van der Waals surface area contributed by atoms with Gasteiger partial charge in [-0.25, -0.2) is 4.39 Å². The molecule has 0 spiro atoms. The fraction of sp³-hybridized carbons (Fsp3) is 0.143. The lowest BCUT2D eigenvalue weighted by atomic mass is 10.1. The lowest BCUT2D eigenvalue weighted by Crippen LogP contribution is -2.23. The number of nitrogens with one attached hydrogen (secondary N) is 2. The Morgan fingerprint density at radius 2 is 1.85 bits per heavy atom. The molecule has 0 saturated carbocycles. The van der Waals surface area contributed by atoms with Gasteiger partial charge in [0.2, 0.25) is 5.91 Å². The third-order valence-electron chi connectivity index (χ3n) is 4.46. The predicted octanol–water partition coefficient (Wildman–Crippen LogP) is 4.10. The van der Waals surface area contributed by atoms with Crippen LogP contribution >= 0.6 is 0 Å². The second-order valence-electron chi connectivity index (χ2n) is 6.30. The molecule has 4 rings (SSSR count). The number of benzene rings is 2. The predicted molar refractivity (Wildman–Crippen MR) is 100 cm³/mol. The lowest BCUT2D eigenvalue weighted by molar-refractivity contribution is -0.121. The molecule has 130 valence electrons. The molecule has 4 aromatic rings. The number of carbonyl (C=O) groups excluding carboxylic acids is 1. The van der Waals surface area contributed by atoms with Crippen LogP contribution in [-0.2, 0) is 17.8 Å². The first kappa shape index (κ1) is 16.3. The van der Waals surface area contributed by atoms with E-state index in [2.05, 4.69) is 21.4 Å². The van der Waals surface area contributed by atoms with Crippen molar-refractivity contribution in [1.82, 2.24) is 15.3 Å². The molecule has 0 aliphatic heterocycles. The van der Waals surface area contributed by atoms with Gasteiger partial charge in [0.25, 0.3) is 0 Å². The minimum Gasteiger partial charge on any atom is -0.353 e. The summed E-state index contributed by atoms with van der Waals surface area (Å²) in [6.45, 7) is 0.397. The number of hydrogen-bond acceptors (Lipinski definition) is 2. The van der Waals surface area contributed by atoms with Gasteiger partial charge in [-0.2, -0.15) is 0 Å². The SMILES string of the molecule is O=C(CCc1cc2c(cn1)[nH]c1ccccc12)NCc1ccc(F)cc1. The smallest absolute Gasteiger partial charge is 0.220 e. The van der Waals surface area contributed by atoms with Crippen LogP contribution in [0, 0.1) is 5.82 Å². The molecule has 0 radical (unpaired) electrons. The van der Waals surface area contributed by atoms with Crippen molar-refractivity contribution < 1.29 is 9.18 Å². The fourth-order valence-corrected chi connectivity index (χ4v) is 3.06. The molecule has 0 unspecified atom stereocenters. The Morgan fingerprint density at radius 3 is 2.69 bits per heavy atom. The third-order valence-corrected chi connectivity index (χ3v) is 4.46. The van der Waals surface area contributed by atoms with Crippen molar-refractivity contribution in [3.05, 3.63) is 77.9 Å². The van der Waals surface area contributed by atoms with Gasteiger partial charge in [-0.05, 0) is 36.2 Å². The van der Waals surface area contributed by atoms with Gasteiger partial charge in [0.1, 0.15) is 5.82 Å². The average Bonchev–Trinajstić information content (AvgIpc) is 3.04. The minimum atomic E-state index is -0.279. The topological polar surface area (TPSA) is 57.8 Å². The Bertz CT molecular complexity index is 1070. The zero-order valence-electron chi connectivity index (χ0n) is 14.1. The zero-order valence-corrected chi connectivity index (χ0v) is 14.1. The second kappa shape index (κ2) is 6.96. The number of rotatable bonds is 5. The Kier molecular flexibility index (Phi) is 4.35. The normalized spacial score (nSPS) is 11.1. The van der Waals surface area contributed by atoms with Gasteiger partial charge in [-0.15, -0.1) is 0 Å². The Labute approximate surface area is 150 Å². The highest BCUT2D eigenvalue weighted by molar-refractivity contribution is 6.06. The minimum absolute atomic E-state index is 0.0462. The van der Waals surface area contributed by atoms with Crippen LogP contribution in [0.4, 0.5) is 4.39 Å². The third kappa shape index (κ3) is 3.42. The molecule has 0 saturated heterocycles. The van der Waals surface area contributed by atoms with Crippen molar-refractivity contribution in [2.75, 3.05) is 0 Å². The van der Waals surface area contributed by atoms with Gasteiger partial charge >= 0.3 is 0 Å². The van der Waals surface area contributed by atoms with Crippen molar-refractivity contribution in [2.24, 2.45) is 0 Å². The van der Waals surface area contributed by atoms with Crippen LogP contribution < -0.4 is 5.32 Å². The number of nitrogens with zero attached hydrogens (tertiary/aromatic N) is 1. The maximum atomic E-state index is 12.9. The molecule has 0 atom stereocenters. The molecule has 0 aliphatic rings. The number of fused-ring (bicyclic) bond motifs is 3. The molecule has 1 amide bonds. The number of pyridine rings is 1. The molecule has 4 nitrogen and oxygen atoms in total. The van der Waals surface area contributed by atoms with Crippen LogP contribution in [-0.4, -0.2) is 15.9 Å². The lowest BCUT2D eigenvalue weighted by Gasteiger charge is -2.05. The maximum Gasteiger partial charge on any atom is 0.220 e. The summed E-state index contributed by atoms with van der Waals surface area (Å²) in [4.78, 5) is 19.9. The van der Waals surface area contributed by atoms with E-state index in [-0.39, 0.29) is 11.7 Å². The fourth-order valence-electron chi connectivity index (χ4n) is 3.06. The number of para-hydroxylation sites is 1. The van der Waals surface area contributed by atoms with Gasteiger partial charge in [0.15, 0.2) is 0 Å². The molecule has 2 heterocycles. The van der Waals surface area contributed by atoms with E-state index in [4.69, 9.17) is 0 Å². The number of amides is 1. The summed E-state index contributed by atoms with van der Waals surface area (Å²) in [5, 5.41) is 5.14. The van der Waals surface area contributed by atoms with Crippen LogP contribution in [0.15, 0.2) is 60.8 Å². The molecule has 0 aliphatic carbocycles. The summed E-state index contributed by atoms with van der Waals surface area (Å²) in [7, 11) is 0. The maximum absolute atomic E-state index is 12.9. The number of aromatic amines is 1. The van der Waals surface area contributed by atoms with E-state index >= 15 is 0 Å². The van der Waals surface area contributed by atoms with Crippen LogP contribution in [0.3, 0.4) is 0 Å². The van der Waals surface area contributed by atoms with E-state index in [1.165, 1.54) is 12.1 Å². The monoisotopic (exact) mass is 347 g/mol. The summed E-state index contributed by atoms with van der Waals surface area (Å²) < 4.78 is 12.9. The van der Waals surface area contributed by atoms with Crippen LogP contribution in [0.25, 0.3) is 21.8 Å². The highest BCUT2D eigenvalue weighted by Crippen LogP contribution is 2.25. The molecule has 0 bridgehead atoms. The Hall–Kier alpha value is -3.21. The molecular weight excluding hydrogens is 329 g/mol. The first-order valence-corrected chi connectivity index (χ1v) is 8.55. The number of hydrogen-bond donors (Lipinski definition) is 2. The number of halogens is 1. The summed E-state index contributed by atoms with van der Waals surface area (Å²) in [5.74, 6) is -0.325. The standard InChI is InChI=1S/C21H18FN3O/c22-15-7-5-14(6-8-15)12-24-21(26)10-9-16-11-18-17-3-1-2-4-19(17)25-20(18)13-23-16/h1-8,11,13,25H,9-10,12H2,(H,24,26). The van der Waals surface area contributed by atoms with E-state index in [1.807, 2.05) is 30.5 Å². The van der Waals surface area contributed by atoms with Crippen molar-refractivity contribution in [2.45, 2.75) is 19.4 Å². The molecule has 5 heteroatoms. The van der Waals surface area contributed by atoms with Crippen molar-refractivity contribution in [3.63, 3.8) is 0 Å². The Balaban J connectivity index is 1.40. The van der Waals surface area contributed by atoms with Gasteiger partial charge in [-0.1, -0.05) is 30.3 Å². The van der Waals surface area contributed by atoms with Gasteiger partial charge in [-0.3, -0.25) is 9.78 Å². The first-order chi connectivity index (χ1) is 12.7. The van der Waals surface area contributed by atoms with Gasteiger partial charge in [0, 0.05) is 34.9 Å². The van der Waals surface area contributed by atoms with Gasteiger partial charge in [0.05, 0.1) is 11.7 Å². The van der Waals surface area contributed by atoms with E-state index in [0.717, 1.165) is 33.1 Å². The quantitative estimate of drug-likeness (QED) is 0.571. The number of H-pyrrole nitrogens is 1. The zero-order chi connectivity index (χ0) is 17.9. The van der Waals surface area contributed by atoms with E-state index in [1.54, 1.807) is 12.1 Å². The van der Waals surface area contributed by atoms with Crippen LogP contribution in [0.5, 0.6) is 0 Å². The first-order valence-electron chi connectivity index (χ1n) is 8.55. The average molecular weight is 347 g/mol. The Morgan fingerprint density at radius 1 is 1.04 bits per heavy atom. The molecule has 2 aromatic heterocycles. The largest absolute Gasteiger partial charge is 0.353 e. The second-order valence-corrected chi connectivity index (χ2v) is 6.30. The van der Waals surface area contributed by atoms with Crippen LogP contribution in [0.1, 0.15) is 17.7 Å². The molecule has 0 fully saturated rings. The van der Waals surface area contributed by atoms with Crippen molar-refractivity contribution >= 4 is 27.7 Å². The number of aryl methyl sites for hydroxylation is 1. The molecule has 2 N–H and O–H groups in total. The molecule has 26 heavy (non-hydrogen) atoms. The summed E-state index contributed by atoms with van der Waals surface area (Å²) in [6, 6.07) is 16.3. The van der Waals surface area contributed by atoms with Gasteiger partial charge < -0.3 is 10.3 Å². The highest BCUT2D eigenvalue weighted by atomic mass is 19.1. The number of aromatic nitrogens is 2. The van der Waals surface area contributed by atoms with Crippen molar-refractivity contribution in [3.8, 4) is 0 Å². The molecular formula is C21H18FN3O. The van der Waals surface area contributed by atoms with E-state index in [9.17, 15) is 9.18 Å². The van der Waals surface area contributed by atoms with E-state index in [0.29, 0.717) is 19.4 Å². The summed E-state index contributed by atoms with van der Waals surface area (Å²) >= 11 is 0. The van der Waals surface area contributed by atoms with Crippen LogP contribution in [0.2, 0.25) is 0 Å². The van der Waals surface area contributed by atoms with E-state index < -0.39 is 0 Å².